The first-order valence-corrected chi connectivity index (χ1v) is 11.4. The van der Waals surface area contributed by atoms with Crippen LogP contribution >= 0.6 is 11.8 Å². The molecule has 3 rings (SSSR count). The number of thioether (sulfide) groups is 1. The Labute approximate surface area is 163 Å². The fourth-order valence-corrected chi connectivity index (χ4v) is 4.57. The van der Waals surface area contributed by atoms with Crippen LogP contribution in [0.2, 0.25) is 0 Å². The standard InChI is InChI=1S/C18H22N2O5S2/c1-2-27(22,23)20-12-17(25-16-8-4-3-7-15(16)20)18(21)19-9-11-26-13-14-6-5-10-24-14/h3-8,10,17H,2,9,11-13H2,1H3,(H,19,21)/t17-/m0/s1. The van der Waals surface area contributed by atoms with Crippen molar-refractivity contribution in [2.45, 2.75) is 18.8 Å². The van der Waals surface area contributed by atoms with E-state index in [0.29, 0.717) is 23.7 Å². The average Bonchev–Trinajstić information content (AvgIpc) is 3.20. The number of fused-ring (bicyclic) bond motifs is 1. The fraction of sp³-hybridized carbons (Fsp3) is 0.389. The first kappa shape index (κ1) is 19.6. The minimum Gasteiger partial charge on any atom is -0.476 e. The molecule has 1 amide bonds. The molecule has 0 fully saturated rings. The van der Waals surface area contributed by atoms with E-state index in [9.17, 15) is 13.2 Å². The molecule has 146 valence electrons. The van der Waals surface area contributed by atoms with Gasteiger partial charge in [-0.2, -0.15) is 11.8 Å². The molecular formula is C18H22N2O5S2. The summed E-state index contributed by atoms with van der Waals surface area (Å²) in [5.41, 5.74) is 0.470. The highest BCUT2D eigenvalue weighted by Gasteiger charge is 2.35. The molecule has 27 heavy (non-hydrogen) atoms. The number of nitrogens with zero attached hydrogens (tertiary/aromatic N) is 1. The molecule has 0 radical (unpaired) electrons. The van der Waals surface area contributed by atoms with Gasteiger partial charge in [-0.1, -0.05) is 12.1 Å². The molecule has 2 aromatic rings. The minimum absolute atomic E-state index is 0.0292. The van der Waals surface area contributed by atoms with Gasteiger partial charge >= 0.3 is 0 Å². The first-order valence-electron chi connectivity index (χ1n) is 8.65. The largest absolute Gasteiger partial charge is 0.476 e. The SMILES string of the molecule is CCS(=O)(=O)N1C[C@@H](C(=O)NCCSCc2ccco2)Oc2ccccc21. The molecule has 1 aliphatic rings. The Kier molecular flexibility index (Phi) is 6.33. The van der Waals surface area contributed by atoms with Crippen LogP contribution in [0.4, 0.5) is 5.69 Å². The molecule has 1 aliphatic heterocycles. The number of rotatable bonds is 8. The number of hydrogen-bond donors (Lipinski definition) is 1. The maximum Gasteiger partial charge on any atom is 0.263 e. The van der Waals surface area contributed by atoms with Crippen LogP contribution in [0.3, 0.4) is 0 Å². The zero-order valence-electron chi connectivity index (χ0n) is 15.0. The fourth-order valence-electron chi connectivity index (χ4n) is 2.69. The first-order chi connectivity index (χ1) is 13.0. The second-order valence-corrected chi connectivity index (χ2v) is 9.22. The molecule has 0 saturated heterocycles. The van der Waals surface area contributed by atoms with Gasteiger partial charge in [0.2, 0.25) is 10.0 Å². The summed E-state index contributed by atoms with van der Waals surface area (Å²) in [5, 5.41) is 2.82. The van der Waals surface area contributed by atoms with Crippen molar-refractivity contribution in [2.75, 3.05) is 28.9 Å². The number of sulfonamides is 1. The lowest BCUT2D eigenvalue weighted by Crippen LogP contribution is -2.51. The smallest absolute Gasteiger partial charge is 0.263 e. The van der Waals surface area contributed by atoms with E-state index >= 15 is 0 Å². The number of para-hydroxylation sites is 2. The van der Waals surface area contributed by atoms with Crippen LogP contribution in [0.25, 0.3) is 0 Å². The summed E-state index contributed by atoms with van der Waals surface area (Å²) in [6, 6.07) is 10.6. The third-order valence-electron chi connectivity index (χ3n) is 4.10. The lowest BCUT2D eigenvalue weighted by molar-refractivity contribution is -0.127. The van der Waals surface area contributed by atoms with Gasteiger partial charge in [-0.3, -0.25) is 9.10 Å². The Bertz CT molecular complexity index is 868. The molecule has 0 bridgehead atoms. The number of amides is 1. The summed E-state index contributed by atoms with van der Waals surface area (Å²) < 4.78 is 37.1. The molecule has 0 spiro atoms. The van der Waals surface area contributed by atoms with Gasteiger partial charge < -0.3 is 14.5 Å². The van der Waals surface area contributed by atoms with Gasteiger partial charge in [0.15, 0.2) is 6.10 Å². The summed E-state index contributed by atoms with van der Waals surface area (Å²) in [5.74, 6) is 2.37. The lowest BCUT2D eigenvalue weighted by atomic mass is 10.2. The number of benzene rings is 1. The Morgan fingerprint density at radius 2 is 2.11 bits per heavy atom. The van der Waals surface area contributed by atoms with Crippen LogP contribution in [0, 0.1) is 0 Å². The molecule has 2 heterocycles. The molecular weight excluding hydrogens is 388 g/mol. The number of anilines is 1. The number of carbonyl (C=O) groups excluding carboxylic acids is 1. The maximum absolute atomic E-state index is 12.5. The van der Waals surface area contributed by atoms with Gasteiger partial charge in [-0.05, 0) is 31.2 Å². The Hall–Kier alpha value is -2.13. The van der Waals surface area contributed by atoms with Crippen molar-refractivity contribution in [3.05, 3.63) is 48.4 Å². The topological polar surface area (TPSA) is 88.9 Å². The molecule has 1 aromatic carbocycles. The summed E-state index contributed by atoms with van der Waals surface area (Å²) in [6.45, 7) is 2.02. The van der Waals surface area contributed by atoms with Gasteiger partial charge in [-0.25, -0.2) is 8.42 Å². The molecule has 9 heteroatoms. The Morgan fingerprint density at radius 1 is 1.30 bits per heavy atom. The van der Waals surface area contributed by atoms with E-state index in [1.165, 1.54) is 4.31 Å². The molecule has 1 atom stereocenters. The van der Waals surface area contributed by atoms with Crippen molar-refractivity contribution in [3.8, 4) is 5.75 Å². The van der Waals surface area contributed by atoms with Gasteiger partial charge in [0.25, 0.3) is 5.91 Å². The Morgan fingerprint density at radius 3 is 2.85 bits per heavy atom. The lowest BCUT2D eigenvalue weighted by Gasteiger charge is -2.34. The van der Waals surface area contributed by atoms with E-state index in [1.54, 1.807) is 49.2 Å². The minimum atomic E-state index is -3.50. The van der Waals surface area contributed by atoms with Crippen molar-refractivity contribution in [1.82, 2.24) is 5.32 Å². The monoisotopic (exact) mass is 410 g/mol. The maximum atomic E-state index is 12.5. The van der Waals surface area contributed by atoms with Gasteiger partial charge in [0, 0.05) is 12.3 Å². The average molecular weight is 411 g/mol. The number of furan rings is 1. The van der Waals surface area contributed by atoms with Crippen molar-refractivity contribution in [2.24, 2.45) is 0 Å². The summed E-state index contributed by atoms with van der Waals surface area (Å²) in [6.07, 6.45) is 0.753. The number of carbonyl (C=O) groups is 1. The van der Waals surface area contributed by atoms with E-state index < -0.39 is 16.1 Å². The second-order valence-electron chi connectivity index (χ2n) is 5.93. The predicted molar refractivity (Wildman–Crippen MR) is 106 cm³/mol. The van der Waals surface area contributed by atoms with Crippen molar-refractivity contribution < 1.29 is 22.4 Å². The van der Waals surface area contributed by atoms with Gasteiger partial charge in [0.1, 0.15) is 11.5 Å². The highest BCUT2D eigenvalue weighted by Crippen LogP contribution is 2.35. The van der Waals surface area contributed by atoms with Crippen LogP contribution < -0.4 is 14.4 Å². The highest BCUT2D eigenvalue weighted by atomic mass is 32.2. The normalized spacial score (nSPS) is 16.5. The molecule has 1 aromatic heterocycles. The second kappa shape index (κ2) is 8.71. The van der Waals surface area contributed by atoms with E-state index in [0.717, 1.165) is 11.5 Å². The summed E-state index contributed by atoms with van der Waals surface area (Å²) >= 11 is 1.64. The van der Waals surface area contributed by atoms with E-state index in [-0.39, 0.29) is 18.2 Å². The van der Waals surface area contributed by atoms with Gasteiger partial charge in [0.05, 0.1) is 30.0 Å². The van der Waals surface area contributed by atoms with E-state index in [1.807, 2.05) is 12.1 Å². The molecule has 0 unspecified atom stereocenters. The Balaban J connectivity index is 1.57. The van der Waals surface area contributed by atoms with Crippen LogP contribution in [0.1, 0.15) is 12.7 Å². The van der Waals surface area contributed by atoms with Crippen molar-refractivity contribution in [1.29, 1.82) is 0 Å². The molecule has 7 nitrogen and oxygen atoms in total. The number of hydrogen-bond acceptors (Lipinski definition) is 6. The van der Waals surface area contributed by atoms with E-state index in [2.05, 4.69) is 5.32 Å². The predicted octanol–water partition coefficient (Wildman–Crippen LogP) is 2.25. The molecule has 0 saturated carbocycles. The molecule has 1 N–H and O–H groups in total. The van der Waals surface area contributed by atoms with Crippen LogP contribution in [-0.4, -0.2) is 45.0 Å². The number of ether oxygens (including phenoxy) is 1. The van der Waals surface area contributed by atoms with Crippen LogP contribution in [0.5, 0.6) is 5.75 Å². The van der Waals surface area contributed by atoms with Crippen molar-refractivity contribution in [3.63, 3.8) is 0 Å². The number of nitrogens with one attached hydrogen (secondary N) is 1. The van der Waals surface area contributed by atoms with Crippen LogP contribution in [-0.2, 0) is 20.6 Å². The quantitative estimate of drug-likeness (QED) is 0.672. The highest BCUT2D eigenvalue weighted by molar-refractivity contribution is 7.98. The zero-order chi connectivity index (χ0) is 19.3. The zero-order valence-corrected chi connectivity index (χ0v) is 16.6. The third kappa shape index (κ3) is 4.78. The van der Waals surface area contributed by atoms with Crippen molar-refractivity contribution >= 4 is 33.4 Å². The summed E-state index contributed by atoms with van der Waals surface area (Å²) in [7, 11) is -3.50. The third-order valence-corrected chi connectivity index (χ3v) is 6.83. The van der Waals surface area contributed by atoms with Gasteiger partial charge in [-0.15, -0.1) is 0 Å². The molecule has 0 aliphatic carbocycles. The van der Waals surface area contributed by atoms with E-state index in [4.69, 9.17) is 9.15 Å². The van der Waals surface area contributed by atoms with Crippen LogP contribution in [0.15, 0.2) is 47.1 Å². The summed E-state index contributed by atoms with van der Waals surface area (Å²) in [4.78, 5) is 12.5.